The number of aryl methyl sites for hydroxylation is 1. The van der Waals surface area contributed by atoms with Crippen molar-refractivity contribution < 1.29 is 9.21 Å². The minimum Gasteiger partial charge on any atom is -0.449 e. The van der Waals surface area contributed by atoms with Crippen molar-refractivity contribution in [2.24, 2.45) is 0 Å². The fourth-order valence-corrected chi connectivity index (χ4v) is 4.87. The Hall–Kier alpha value is -4.66. The SMILES string of the molecule is Cc1nc(-c2cccc(NC(=O)c3cnc4c(Nc5ccccc5)cc(NC5CCCCC5)nn34)c2)co1. The van der Waals surface area contributed by atoms with E-state index in [-0.39, 0.29) is 5.91 Å². The van der Waals surface area contributed by atoms with E-state index in [9.17, 15) is 4.79 Å². The zero-order valence-electron chi connectivity index (χ0n) is 21.1. The summed E-state index contributed by atoms with van der Waals surface area (Å²) in [7, 11) is 0. The summed E-state index contributed by atoms with van der Waals surface area (Å²) in [6.45, 7) is 1.80. The normalized spacial score (nSPS) is 13.9. The maximum absolute atomic E-state index is 13.4. The fraction of sp³-hybridized carbons (Fsp3) is 0.241. The Morgan fingerprint density at radius 2 is 1.82 bits per heavy atom. The van der Waals surface area contributed by atoms with E-state index in [1.165, 1.54) is 19.3 Å². The molecule has 0 radical (unpaired) electrons. The molecule has 0 saturated heterocycles. The molecule has 0 spiro atoms. The van der Waals surface area contributed by atoms with Gasteiger partial charge in [-0.15, -0.1) is 5.10 Å². The molecule has 38 heavy (non-hydrogen) atoms. The first-order valence-corrected chi connectivity index (χ1v) is 12.9. The number of carbonyl (C=O) groups is 1. The minimum atomic E-state index is -0.307. The second kappa shape index (κ2) is 10.4. The zero-order valence-corrected chi connectivity index (χ0v) is 21.1. The van der Waals surface area contributed by atoms with Gasteiger partial charge < -0.3 is 20.4 Å². The minimum absolute atomic E-state index is 0.307. The monoisotopic (exact) mass is 507 g/mol. The molecule has 0 aliphatic heterocycles. The molecule has 9 nitrogen and oxygen atoms in total. The molecular weight excluding hydrogens is 478 g/mol. The van der Waals surface area contributed by atoms with E-state index >= 15 is 0 Å². The molecule has 1 fully saturated rings. The number of carbonyl (C=O) groups excluding carboxylic acids is 1. The van der Waals surface area contributed by atoms with E-state index < -0.39 is 0 Å². The molecule has 5 aromatic rings. The van der Waals surface area contributed by atoms with Crippen LogP contribution in [0, 0.1) is 6.92 Å². The molecule has 1 saturated carbocycles. The van der Waals surface area contributed by atoms with E-state index in [1.807, 2.05) is 60.7 Å². The van der Waals surface area contributed by atoms with Gasteiger partial charge in [-0.3, -0.25) is 4.79 Å². The molecule has 192 valence electrons. The summed E-state index contributed by atoms with van der Waals surface area (Å²) in [5, 5.41) is 14.8. The number of para-hydroxylation sites is 1. The number of rotatable bonds is 7. The van der Waals surface area contributed by atoms with Crippen molar-refractivity contribution in [3.8, 4) is 11.3 Å². The smallest absolute Gasteiger partial charge is 0.276 e. The molecule has 0 bridgehead atoms. The Morgan fingerprint density at radius 1 is 1.00 bits per heavy atom. The molecular formula is C29H29N7O2. The van der Waals surface area contributed by atoms with Crippen LogP contribution in [0.2, 0.25) is 0 Å². The van der Waals surface area contributed by atoms with Crippen LogP contribution in [-0.2, 0) is 0 Å². The quantitative estimate of drug-likeness (QED) is 0.233. The lowest BCUT2D eigenvalue weighted by molar-refractivity contribution is 0.102. The van der Waals surface area contributed by atoms with Crippen molar-refractivity contribution >= 4 is 34.4 Å². The Labute approximate surface area is 220 Å². The second-order valence-corrected chi connectivity index (χ2v) is 9.58. The van der Waals surface area contributed by atoms with Crippen LogP contribution >= 0.6 is 0 Å². The molecule has 9 heteroatoms. The number of fused-ring (bicyclic) bond motifs is 1. The maximum Gasteiger partial charge on any atom is 0.276 e. The highest BCUT2D eigenvalue weighted by atomic mass is 16.3. The van der Waals surface area contributed by atoms with Gasteiger partial charge in [0.15, 0.2) is 17.2 Å². The van der Waals surface area contributed by atoms with E-state index in [2.05, 4.69) is 25.9 Å². The lowest BCUT2D eigenvalue weighted by atomic mass is 9.95. The topological polar surface area (TPSA) is 109 Å². The predicted octanol–water partition coefficient (Wildman–Crippen LogP) is 6.43. The van der Waals surface area contributed by atoms with Gasteiger partial charge >= 0.3 is 0 Å². The number of anilines is 4. The number of nitrogens with one attached hydrogen (secondary N) is 3. The summed E-state index contributed by atoms with van der Waals surface area (Å²) in [6, 6.07) is 19.7. The van der Waals surface area contributed by atoms with E-state index in [0.717, 1.165) is 29.8 Å². The Morgan fingerprint density at radius 3 is 2.61 bits per heavy atom. The van der Waals surface area contributed by atoms with Gasteiger partial charge in [0.05, 0.1) is 11.9 Å². The predicted molar refractivity (Wildman–Crippen MR) is 148 cm³/mol. The third-order valence-corrected chi connectivity index (χ3v) is 6.75. The van der Waals surface area contributed by atoms with Gasteiger partial charge in [-0.05, 0) is 37.1 Å². The highest BCUT2D eigenvalue weighted by Gasteiger charge is 2.20. The third kappa shape index (κ3) is 5.08. The largest absolute Gasteiger partial charge is 0.449 e. The Balaban J connectivity index is 1.32. The molecule has 6 rings (SSSR count). The molecule has 0 unspecified atom stereocenters. The van der Waals surface area contributed by atoms with Gasteiger partial charge in [0.25, 0.3) is 5.91 Å². The van der Waals surface area contributed by atoms with Crippen LogP contribution in [0.25, 0.3) is 16.9 Å². The molecule has 3 heterocycles. The molecule has 2 aromatic carbocycles. The van der Waals surface area contributed by atoms with Crippen LogP contribution in [0.3, 0.4) is 0 Å². The number of hydrogen-bond acceptors (Lipinski definition) is 7. The molecule has 1 aliphatic carbocycles. The number of nitrogens with zero attached hydrogens (tertiary/aromatic N) is 4. The average molecular weight is 508 g/mol. The maximum atomic E-state index is 13.4. The van der Waals surface area contributed by atoms with Gasteiger partial charge in [-0.25, -0.2) is 14.5 Å². The number of amides is 1. The first-order chi connectivity index (χ1) is 18.6. The van der Waals surface area contributed by atoms with Crippen molar-refractivity contribution in [1.29, 1.82) is 0 Å². The number of benzene rings is 2. The first kappa shape index (κ1) is 23.7. The lowest BCUT2D eigenvalue weighted by Crippen LogP contribution is -2.24. The van der Waals surface area contributed by atoms with E-state index in [0.29, 0.717) is 40.5 Å². The number of imidazole rings is 1. The van der Waals surface area contributed by atoms with Crippen molar-refractivity contribution in [2.75, 3.05) is 16.0 Å². The van der Waals surface area contributed by atoms with Crippen LogP contribution < -0.4 is 16.0 Å². The highest BCUT2D eigenvalue weighted by molar-refractivity contribution is 6.04. The highest BCUT2D eigenvalue weighted by Crippen LogP contribution is 2.28. The Kier molecular flexibility index (Phi) is 6.47. The van der Waals surface area contributed by atoms with Crippen LogP contribution in [-0.4, -0.2) is 31.5 Å². The summed E-state index contributed by atoms with van der Waals surface area (Å²) >= 11 is 0. The van der Waals surface area contributed by atoms with Gasteiger partial charge in [-0.2, -0.15) is 0 Å². The van der Waals surface area contributed by atoms with Gasteiger partial charge in [0.1, 0.15) is 17.8 Å². The van der Waals surface area contributed by atoms with E-state index in [4.69, 9.17) is 9.52 Å². The molecule has 1 aliphatic rings. The summed E-state index contributed by atoms with van der Waals surface area (Å²) in [6.07, 6.45) is 9.08. The zero-order chi connectivity index (χ0) is 25.9. The standard InChI is InChI=1S/C29H29N7O2/c1-19-31-25(18-38-19)20-9-8-14-23(15-20)34-29(37)26-17-30-28-24(32-21-10-4-2-5-11-21)16-27(35-36(26)28)33-22-12-6-3-7-13-22/h2,4-5,8-11,14-18,22,32H,3,6-7,12-13H2,1H3,(H,33,35)(H,34,37). The van der Waals surface area contributed by atoms with Crippen molar-refractivity contribution in [2.45, 2.75) is 45.1 Å². The van der Waals surface area contributed by atoms with Crippen LogP contribution in [0.1, 0.15) is 48.5 Å². The number of hydrogen-bond donors (Lipinski definition) is 3. The van der Waals surface area contributed by atoms with Crippen LogP contribution in [0.15, 0.2) is 77.5 Å². The molecule has 1 amide bonds. The summed E-state index contributed by atoms with van der Waals surface area (Å²) in [4.78, 5) is 22.4. The number of aromatic nitrogens is 4. The van der Waals surface area contributed by atoms with Gasteiger partial charge in [-0.1, -0.05) is 49.6 Å². The van der Waals surface area contributed by atoms with Crippen molar-refractivity contribution in [3.05, 3.63) is 84.7 Å². The third-order valence-electron chi connectivity index (χ3n) is 6.75. The van der Waals surface area contributed by atoms with Crippen molar-refractivity contribution in [1.82, 2.24) is 19.6 Å². The molecule has 3 N–H and O–H groups in total. The summed E-state index contributed by atoms with van der Waals surface area (Å²) in [5.74, 6) is 0.987. The molecule has 0 atom stereocenters. The van der Waals surface area contributed by atoms with Crippen LogP contribution in [0.5, 0.6) is 0 Å². The molecule has 3 aromatic heterocycles. The first-order valence-electron chi connectivity index (χ1n) is 12.9. The fourth-order valence-electron chi connectivity index (χ4n) is 4.87. The van der Waals surface area contributed by atoms with Crippen LogP contribution in [0.4, 0.5) is 22.9 Å². The van der Waals surface area contributed by atoms with Gasteiger partial charge in [0.2, 0.25) is 0 Å². The van der Waals surface area contributed by atoms with Crippen molar-refractivity contribution in [3.63, 3.8) is 0 Å². The van der Waals surface area contributed by atoms with E-state index in [1.54, 1.807) is 23.9 Å². The second-order valence-electron chi connectivity index (χ2n) is 9.58. The summed E-state index contributed by atoms with van der Waals surface area (Å²) in [5.41, 5.74) is 4.81. The van der Waals surface area contributed by atoms with Gasteiger partial charge in [0, 0.05) is 36.0 Å². The number of oxazole rings is 1. The Bertz CT molecular complexity index is 1570. The summed E-state index contributed by atoms with van der Waals surface area (Å²) < 4.78 is 6.94. The lowest BCUT2D eigenvalue weighted by Gasteiger charge is -2.23. The average Bonchev–Trinajstić information content (AvgIpc) is 3.57.